The molecule has 0 spiro atoms. The number of ether oxygens (including phenoxy) is 1. The minimum Gasteiger partial charge on any atom is -0.493 e. The number of tetrazole rings is 1. The van der Waals surface area contributed by atoms with Crippen molar-refractivity contribution in [3.8, 4) is 5.75 Å². The molecule has 1 atom stereocenters. The highest BCUT2D eigenvalue weighted by Gasteiger charge is 2.23. The topological polar surface area (TPSA) is 111 Å². The number of amides is 2. The first-order valence-corrected chi connectivity index (χ1v) is 10.4. The smallest absolute Gasteiger partial charge is 0.251 e. The molecule has 0 bridgehead atoms. The molecule has 4 rings (SSSR count). The van der Waals surface area contributed by atoms with Gasteiger partial charge in [-0.2, -0.15) is 0 Å². The molecule has 1 unspecified atom stereocenters. The van der Waals surface area contributed by atoms with Gasteiger partial charge in [0.1, 0.15) is 5.75 Å². The van der Waals surface area contributed by atoms with Crippen molar-refractivity contribution in [1.82, 2.24) is 25.5 Å². The number of benzene rings is 2. The number of nitrogens with zero attached hydrogens (tertiary/aromatic N) is 4. The van der Waals surface area contributed by atoms with Crippen LogP contribution >= 0.6 is 11.8 Å². The average Bonchev–Trinajstić information content (AvgIpc) is 3.18. The third-order valence-corrected chi connectivity index (χ3v) is 5.62. The van der Waals surface area contributed by atoms with Gasteiger partial charge < -0.3 is 15.4 Å². The van der Waals surface area contributed by atoms with Gasteiger partial charge in [0.05, 0.1) is 18.4 Å². The summed E-state index contributed by atoms with van der Waals surface area (Å²) in [7, 11) is 1.71. The SMILES string of the molecule is Cn1nnnc1SCC(=O)Nc1ccc(C(=O)NC2CCOc3ccccc32)cc1. The highest BCUT2D eigenvalue weighted by molar-refractivity contribution is 7.99. The van der Waals surface area contributed by atoms with Gasteiger partial charge in [0.25, 0.3) is 5.91 Å². The Morgan fingerprint density at radius 3 is 2.77 bits per heavy atom. The van der Waals surface area contributed by atoms with Gasteiger partial charge >= 0.3 is 0 Å². The molecule has 9 nitrogen and oxygen atoms in total. The zero-order chi connectivity index (χ0) is 20.9. The second kappa shape index (κ2) is 8.95. The molecule has 1 aromatic heterocycles. The molecule has 2 heterocycles. The van der Waals surface area contributed by atoms with E-state index in [0.29, 0.717) is 23.0 Å². The molecule has 0 radical (unpaired) electrons. The number of hydrogen-bond donors (Lipinski definition) is 2. The van der Waals surface area contributed by atoms with Crippen LogP contribution in [0.4, 0.5) is 5.69 Å². The van der Waals surface area contributed by atoms with E-state index in [1.165, 1.54) is 16.4 Å². The fourth-order valence-corrected chi connectivity index (χ4v) is 3.76. The molecular formula is C20H20N6O3S. The minimum atomic E-state index is -0.181. The van der Waals surface area contributed by atoms with Crippen LogP contribution in [0.25, 0.3) is 0 Å². The van der Waals surface area contributed by atoms with Crippen LogP contribution in [0.1, 0.15) is 28.4 Å². The Morgan fingerprint density at radius 1 is 1.20 bits per heavy atom. The molecule has 1 aliphatic heterocycles. The molecule has 3 aromatic rings. The van der Waals surface area contributed by atoms with E-state index < -0.39 is 0 Å². The van der Waals surface area contributed by atoms with E-state index in [2.05, 4.69) is 26.2 Å². The fourth-order valence-electron chi connectivity index (χ4n) is 3.11. The second-order valence-corrected chi connectivity index (χ2v) is 7.64. The second-order valence-electron chi connectivity index (χ2n) is 6.70. The lowest BCUT2D eigenvalue weighted by Crippen LogP contribution is -2.32. The van der Waals surface area contributed by atoms with E-state index in [1.807, 2.05) is 24.3 Å². The van der Waals surface area contributed by atoms with Crippen LogP contribution in [0.5, 0.6) is 5.75 Å². The summed E-state index contributed by atoms with van der Waals surface area (Å²) in [4.78, 5) is 24.8. The van der Waals surface area contributed by atoms with E-state index in [1.54, 1.807) is 31.3 Å². The summed E-state index contributed by atoms with van der Waals surface area (Å²) < 4.78 is 7.14. The van der Waals surface area contributed by atoms with E-state index in [0.717, 1.165) is 17.7 Å². The molecule has 1 aliphatic rings. The maximum absolute atomic E-state index is 12.7. The fraction of sp³-hybridized carbons (Fsp3) is 0.250. The summed E-state index contributed by atoms with van der Waals surface area (Å²) in [6.07, 6.45) is 0.718. The van der Waals surface area contributed by atoms with Crippen molar-refractivity contribution in [1.29, 1.82) is 0 Å². The number of aryl methyl sites for hydroxylation is 1. The molecule has 30 heavy (non-hydrogen) atoms. The van der Waals surface area contributed by atoms with Crippen molar-refractivity contribution in [3.63, 3.8) is 0 Å². The molecule has 2 N–H and O–H groups in total. The van der Waals surface area contributed by atoms with Crippen LogP contribution in [0, 0.1) is 0 Å². The maximum Gasteiger partial charge on any atom is 0.251 e. The number of carbonyl (C=O) groups is 2. The highest BCUT2D eigenvalue weighted by Crippen LogP contribution is 2.31. The first kappa shape index (κ1) is 19.9. The zero-order valence-corrected chi connectivity index (χ0v) is 17.1. The summed E-state index contributed by atoms with van der Waals surface area (Å²) >= 11 is 1.24. The van der Waals surface area contributed by atoms with Crippen LogP contribution in [0.2, 0.25) is 0 Å². The highest BCUT2D eigenvalue weighted by atomic mass is 32.2. The normalized spacial score (nSPS) is 15.0. The Hall–Kier alpha value is -3.40. The maximum atomic E-state index is 12.7. The van der Waals surface area contributed by atoms with Gasteiger partial charge in [-0.15, -0.1) is 5.10 Å². The van der Waals surface area contributed by atoms with E-state index >= 15 is 0 Å². The first-order valence-electron chi connectivity index (χ1n) is 9.38. The number of rotatable bonds is 6. The largest absolute Gasteiger partial charge is 0.493 e. The van der Waals surface area contributed by atoms with E-state index in [4.69, 9.17) is 4.74 Å². The van der Waals surface area contributed by atoms with Gasteiger partial charge in [-0.25, -0.2) is 4.68 Å². The van der Waals surface area contributed by atoms with Crippen LogP contribution in [0.3, 0.4) is 0 Å². The van der Waals surface area contributed by atoms with E-state index in [-0.39, 0.29) is 23.6 Å². The Balaban J connectivity index is 1.32. The number of thioether (sulfide) groups is 1. The molecule has 2 aromatic carbocycles. The monoisotopic (exact) mass is 424 g/mol. The Morgan fingerprint density at radius 2 is 2.00 bits per heavy atom. The number of carbonyl (C=O) groups excluding carboxylic acids is 2. The van der Waals surface area contributed by atoms with Gasteiger partial charge in [0.2, 0.25) is 11.1 Å². The number of fused-ring (bicyclic) bond motifs is 1. The van der Waals surface area contributed by atoms with Crippen molar-refractivity contribution < 1.29 is 14.3 Å². The summed E-state index contributed by atoms with van der Waals surface area (Å²) in [5.74, 6) is 0.639. The molecule has 154 valence electrons. The van der Waals surface area contributed by atoms with Crippen LogP contribution in [0.15, 0.2) is 53.7 Å². The Kier molecular flexibility index (Phi) is 5.94. The molecule has 0 fully saturated rings. The minimum absolute atomic E-state index is 0.0889. The molecule has 10 heteroatoms. The van der Waals surface area contributed by atoms with Crippen molar-refractivity contribution >= 4 is 29.3 Å². The van der Waals surface area contributed by atoms with Gasteiger partial charge in [0.15, 0.2) is 0 Å². The van der Waals surface area contributed by atoms with Crippen LogP contribution in [-0.4, -0.2) is 44.4 Å². The standard InChI is InChI=1S/C20H20N6O3S/c1-26-20(23-24-25-26)30-12-18(27)21-14-8-6-13(7-9-14)19(28)22-16-10-11-29-17-5-3-2-4-15(16)17/h2-9,16H,10-12H2,1H3,(H,21,27)(H,22,28). The lowest BCUT2D eigenvalue weighted by Gasteiger charge is -2.26. The van der Waals surface area contributed by atoms with Crippen molar-refractivity contribution in [2.24, 2.45) is 7.05 Å². The average molecular weight is 424 g/mol. The molecule has 0 saturated heterocycles. The predicted octanol–water partition coefficient (Wildman–Crippen LogP) is 2.19. The molecule has 2 amide bonds. The Bertz CT molecular complexity index is 1050. The summed E-state index contributed by atoms with van der Waals surface area (Å²) in [6.45, 7) is 0.565. The van der Waals surface area contributed by atoms with Gasteiger partial charge in [-0.1, -0.05) is 30.0 Å². The summed E-state index contributed by atoms with van der Waals surface area (Å²) in [5, 5.41) is 17.5. The lowest BCUT2D eigenvalue weighted by molar-refractivity contribution is -0.113. The van der Waals surface area contributed by atoms with Gasteiger partial charge in [-0.3, -0.25) is 9.59 Å². The predicted molar refractivity (Wildman–Crippen MR) is 111 cm³/mol. The number of para-hydroxylation sites is 1. The zero-order valence-electron chi connectivity index (χ0n) is 16.2. The van der Waals surface area contributed by atoms with Crippen molar-refractivity contribution in [2.75, 3.05) is 17.7 Å². The third kappa shape index (κ3) is 4.60. The van der Waals surface area contributed by atoms with Crippen molar-refractivity contribution in [2.45, 2.75) is 17.6 Å². The number of anilines is 1. The van der Waals surface area contributed by atoms with Gasteiger partial charge in [0, 0.05) is 30.3 Å². The van der Waals surface area contributed by atoms with Crippen LogP contribution in [-0.2, 0) is 11.8 Å². The molecule has 0 aliphatic carbocycles. The Labute approximate surface area is 177 Å². The lowest BCUT2D eigenvalue weighted by atomic mass is 10.00. The summed E-state index contributed by atoms with van der Waals surface area (Å²) in [5.41, 5.74) is 2.12. The molecule has 0 saturated carbocycles. The van der Waals surface area contributed by atoms with Gasteiger partial charge in [-0.05, 0) is 40.8 Å². The number of nitrogens with one attached hydrogen (secondary N) is 2. The molecular weight excluding hydrogens is 404 g/mol. The quantitative estimate of drug-likeness (QED) is 0.584. The number of aromatic nitrogens is 4. The number of hydrogen-bond acceptors (Lipinski definition) is 7. The first-order chi connectivity index (χ1) is 14.6. The van der Waals surface area contributed by atoms with Crippen LogP contribution < -0.4 is 15.4 Å². The van der Waals surface area contributed by atoms with E-state index in [9.17, 15) is 9.59 Å². The summed E-state index contributed by atoms with van der Waals surface area (Å²) in [6, 6.07) is 14.4. The van der Waals surface area contributed by atoms with Crippen molar-refractivity contribution in [3.05, 3.63) is 59.7 Å². The third-order valence-electron chi connectivity index (χ3n) is 4.61.